The molecule has 0 aliphatic carbocycles. The number of carbonyl (C=O) groups excluding carboxylic acids is 1. The topological polar surface area (TPSA) is 64.0 Å². The van der Waals surface area contributed by atoms with Crippen LogP contribution in [0.3, 0.4) is 0 Å². The quantitative estimate of drug-likeness (QED) is 0.500. The van der Waals surface area contributed by atoms with E-state index in [9.17, 15) is 9.59 Å². The lowest BCUT2D eigenvalue weighted by atomic mass is 10.1. The Balaban J connectivity index is 1.71. The average molecular weight is 402 g/mol. The van der Waals surface area contributed by atoms with Gasteiger partial charge in [0.15, 0.2) is 5.16 Å². The maximum Gasteiger partial charge on any atom is 0.262 e. The third-order valence-electron chi connectivity index (χ3n) is 4.22. The molecule has 5 nitrogen and oxygen atoms in total. The molecule has 3 aromatic rings. The number of nitrogens with zero attached hydrogens (tertiary/aromatic N) is 2. The number of hydrogen-bond donors (Lipinski definition) is 1. The number of fused-ring (bicyclic) bond motifs is 1. The zero-order chi connectivity index (χ0) is 19.4. The van der Waals surface area contributed by atoms with E-state index in [4.69, 9.17) is 11.6 Å². The molecule has 7 heteroatoms. The molecule has 2 aromatic carbocycles. The predicted molar refractivity (Wildman–Crippen MR) is 110 cm³/mol. The van der Waals surface area contributed by atoms with E-state index in [-0.39, 0.29) is 23.3 Å². The number of nitrogens with one attached hydrogen (secondary N) is 1. The van der Waals surface area contributed by atoms with Crippen LogP contribution in [0.2, 0.25) is 5.02 Å². The van der Waals surface area contributed by atoms with E-state index in [1.165, 1.54) is 11.8 Å². The molecule has 1 aromatic heterocycles. The smallest absolute Gasteiger partial charge is 0.262 e. The molecular formula is C20H20ClN3O2S. The van der Waals surface area contributed by atoms with Crippen LogP contribution < -0.4 is 10.9 Å². The molecule has 0 fully saturated rings. The van der Waals surface area contributed by atoms with Crippen LogP contribution in [-0.2, 0) is 11.3 Å². The van der Waals surface area contributed by atoms with E-state index < -0.39 is 0 Å². The lowest BCUT2D eigenvalue weighted by molar-refractivity contribution is -0.119. The Kier molecular flexibility index (Phi) is 6.19. The van der Waals surface area contributed by atoms with Gasteiger partial charge in [-0.3, -0.25) is 14.2 Å². The van der Waals surface area contributed by atoms with E-state index >= 15 is 0 Å². The predicted octanol–water partition coefficient (Wildman–Crippen LogP) is 4.04. The number of carbonyl (C=O) groups is 1. The van der Waals surface area contributed by atoms with Crippen LogP contribution in [0.5, 0.6) is 0 Å². The van der Waals surface area contributed by atoms with Gasteiger partial charge >= 0.3 is 0 Å². The van der Waals surface area contributed by atoms with Crippen LogP contribution in [0.1, 0.15) is 25.5 Å². The molecule has 0 saturated heterocycles. The van der Waals surface area contributed by atoms with Crippen LogP contribution in [0.4, 0.5) is 0 Å². The van der Waals surface area contributed by atoms with Crippen LogP contribution in [0.15, 0.2) is 58.5 Å². The number of hydrogen-bond acceptors (Lipinski definition) is 4. The van der Waals surface area contributed by atoms with Crippen molar-refractivity contribution < 1.29 is 4.79 Å². The Morgan fingerprint density at radius 2 is 1.93 bits per heavy atom. The van der Waals surface area contributed by atoms with Gasteiger partial charge in [-0.2, -0.15) is 0 Å². The highest BCUT2D eigenvalue weighted by Gasteiger charge is 2.14. The molecule has 1 heterocycles. The SMILES string of the molecule is CCn1c(SCC(=O)N[C@@H](C)c2ccc(Cl)cc2)nc2ccccc2c1=O. The summed E-state index contributed by atoms with van der Waals surface area (Å²) in [7, 11) is 0. The number of rotatable bonds is 6. The fourth-order valence-corrected chi connectivity index (χ4v) is 3.79. The van der Waals surface area contributed by atoms with Gasteiger partial charge in [0.2, 0.25) is 5.91 Å². The molecule has 27 heavy (non-hydrogen) atoms. The Bertz CT molecular complexity index is 1020. The summed E-state index contributed by atoms with van der Waals surface area (Å²) in [6.45, 7) is 4.31. The normalized spacial score (nSPS) is 12.1. The largest absolute Gasteiger partial charge is 0.349 e. The molecule has 0 spiro atoms. The zero-order valence-electron chi connectivity index (χ0n) is 15.1. The van der Waals surface area contributed by atoms with Crippen molar-refractivity contribution in [1.29, 1.82) is 0 Å². The van der Waals surface area contributed by atoms with E-state index in [0.717, 1.165) is 5.56 Å². The second kappa shape index (κ2) is 8.59. The number of para-hydroxylation sites is 1. The van der Waals surface area contributed by atoms with Gasteiger partial charge in [0.05, 0.1) is 22.7 Å². The number of thioether (sulfide) groups is 1. The summed E-state index contributed by atoms with van der Waals surface area (Å²) in [5, 5.41) is 4.76. The van der Waals surface area contributed by atoms with Crippen molar-refractivity contribution in [3.8, 4) is 0 Å². The molecule has 1 amide bonds. The highest BCUT2D eigenvalue weighted by molar-refractivity contribution is 7.99. The Morgan fingerprint density at radius 1 is 1.22 bits per heavy atom. The molecule has 0 unspecified atom stereocenters. The molecule has 1 N–H and O–H groups in total. The molecule has 0 radical (unpaired) electrons. The minimum atomic E-state index is -0.131. The molecule has 0 bridgehead atoms. The maximum atomic E-state index is 12.6. The van der Waals surface area contributed by atoms with Crippen molar-refractivity contribution in [1.82, 2.24) is 14.9 Å². The van der Waals surface area contributed by atoms with Crippen molar-refractivity contribution in [3.63, 3.8) is 0 Å². The second-order valence-electron chi connectivity index (χ2n) is 6.09. The van der Waals surface area contributed by atoms with Crippen molar-refractivity contribution >= 4 is 40.2 Å². The van der Waals surface area contributed by atoms with E-state index in [1.54, 1.807) is 22.8 Å². The van der Waals surface area contributed by atoms with Gasteiger partial charge in [-0.15, -0.1) is 0 Å². The molecule has 140 valence electrons. The summed E-state index contributed by atoms with van der Waals surface area (Å²) in [4.78, 5) is 29.5. The van der Waals surface area contributed by atoms with Gasteiger partial charge in [0, 0.05) is 11.6 Å². The maximum absolute atomic E-state index is 12.6. The summed E-state index contributed by atoms with van der Waals surface area (Å²) in [5.41, 5.74) is 1.54. The molecule has 0 aliphatic rings. The lowest BCUT2D eigenvalue weighted by Crippen LogP contribution is -2.29. The van der Waals surface area contributed by atoms with Gasteiger partial charge < -0.3 is 5.32 Å². The molecule has 1 atom stereocenters. The molecule has 0 aliphatic heterocycles. The van der Waals surface area contributed by atoms with Crippen molar-refractivity contribution in [2.45, 2.75) is 31.6 Å². The number of benzene rings is 2. The Labute approximate surface area is 166 Å². The van der Waals surface area contributed by atoms with Crippen LogP contribution >= 0.6 is 23.4 Å². The fraction of sp³-hybridized carbons (Fsp3) is 0.250. The van der Waals surface area contributed by atoms with E-state index in [0.29, 0.717) is 27.6 Å². The monoisotopic (exact) mass is 401 g/mol. The Hall–Kier alpha value is -2.31. The van der Waals surface area contributed by atoms with E-state index in [2.05, 4.69) is 10.3 Å². The van der Waals surface area contributed by atoms with Gasteiger partial charge in [0.25, 0.3) is 5.56 Å². The number of halogens is 1. The van der Waals surface area contributed by atoms with E-state index in [1.807, 2.05) is 44.2 Å². The number of aromatic nitrogens is 2. The fourth-order valence-electron chi connectivity index (χ4n) is 2.78. The molecule has 3 rings (SSSR count). The summed E-state index contributed by atoms with van der Waals surface area (Å²) >= 11 is 7.16. The lowest BCUT2D eigenvalue weighted by Gasteiger charge is -2.15. The first-order valence-corrected chi connectivity index (χ1v) is 10.0. The Morgan fingerprint density at radius 3 is 2.63 bits per heavy atom. The van der Waals surface area contributed by atoms with Crippen molar-refractivity contribution in [2.75, 3.05) is 5.75 Å². The highest BCUT2D eigenvalue weighted by Crippen LogP contribution is 2.19. The average Bonchev–Trinajstić information content (AvgIpc) is 2.67. The minimum Gasteiger partial charge on any atom is -0.349 e. The van der Waals surface area contributed by atoms with Gasteiger partial charge in [-0.25, -0.2) is 4.98 Å². The van der Waals surface area contributed by atoms with Gasteiger partial charge in [-0.1, -0.05) is 47.6 Å². The van der Waals surface area contributed by atoms with Crippen molar-refractivity contribution in [2.24, 2.45) is 0 Å². The van der Waals surface area contributed by atoms with Gasteiger partial charge in [-0.05, 0) is 43.7 Å². The van der Waals surface area contributed by atoms with Crippen LogP contribution in [0.25, 0.3) is 10.9 Å². The third kappa shape index (κ3) is 4.51. The third-order valence-corrected chi connectivity index (χ3v) is 5.45. The van der Waals surface area contributed by atoms with Crippen LogP contribution in [0, 0.1) is 0 Å². The summed E-state index contributed by atoms with van der Waals surface area (Å²) in [6.07, 6.45) is 0. The first kappa shape index (κ1) is 19.5. The second-order valence-corrected chi connectivity index (χ2v) is 7.47. The number of amides is 1. The summed E-state index contributed by atoms with van der Waals surface area (Å²) in [5.74, 6) is 0.0652. The molecular weight excluding hydrogens is 382 g/mol. The first-order chi connectivity index (χ1) is 13.0. The minimum absolute atomic E-state index is 0.0828. The standard InChI is InChI=1S/C20H20ClN3O2S/c1-3-24-19(26)16-6-4-5-7-17(16)23-20(24)27-12-18(25)22-13(2)14-8-10-15(21)11-9-14/h4-11,13H,3,12H2,1-2H3,(H,22,25)/t13-/m0/s1. The zero-order valence-corrected chi connectivity index (χ0v) is 16.7. The van der Waals surface area contributed by atoms with Crippen molar-refractivity contribution in [3.05, 3.63) is 69.5 Å². The molecule has 0 saturated carbocycles. The summed E-state index contributed by atoms with van der Waals surface area (Å²) in [6, 6.07) is 14.5. The summed E-state index contributed by atoms with van der Waals surface area (Å²) < 4.78 is 1.60. The van der Waals surface area contributed by atoms with Gasteiger partial charge in [0.1, 0.15) is 0 Å². The highest BCUT2D eigenvalue weighted by atomic mass is 35.5. The first-order valence-electron chi connectivity index (χ1n) is 8.66. The van der Waals surface area contributed by atoms with Crippen LogP contribution in [-0.4, -0.2) is 21.2 Å².